The molecule has 0 aromatic heterocycles. The normalized spacial score (nSPS) is 15.1. The molecule has 1 aliphatic rings. The first-order valence-electron chi connectivity index (χ1n) is 5.38. The predicted octanol–water partition coefficient (Wildman–Crippen LogP) is 1.51. The molecule has 0 atom stereocenters. The van der Waals surface area contributed by atoms with Crippen LogP contribution in [0.2, 0.25) is 5.02 Å². The van der Waals surface area contributed by atoms with Crippen LogP contribution in [-0.4, -0.2) is 42.1 Å². The van der Waals surface area contributed by atoms with Gasteiger partial charge in [-0.15, -0.1) is 0 Å². The lowest BCUT2D eigenvalue weighted by Gasteiger charge is -2.36. The zero-order valence-electron chi connectivity index (χ0n) is 9.72. The molecule has 1 amide bonds. The second kappa shape index (κ2) is 4.86. The number of rotatable bonds is 3. The van der Waals surface area contributed by atoms with Gasteiger partial charge in [0.05, 0.1) is 18.6 Å². The van der Waals surface area contributed by atoms with E-state index in [4.69, 9.17) is 21.4 Å². The number of amides is 1. The Morgan fingerprint density at radius 3 is 2.67 bits per heavy atom. The minimum Gasteiger partial charge on any atom is -0.496 e. The minimum atomic E-state index is -0.878. The van der Waals surface area contributed by atoms with Gasteiger partial charge in [0.1, 0.15) is 5.75 Å². The Kier molecular flexibility index (Phi) is 3.43. The van der Waals surface area contributed by atoms with Gasteiger partial charge in [0, 0.05) is 18.1 Å². The molecule has 1 N–H and O–H groups in total. The fraction of sp³-hybridized carbons (Fsp3) is 0.333. The molecule has 0 radical (unpaired) electrons. The number of aliphatic carboxylic acids is 1. The van der Waals surface area contributed by atoms with Gasteiger partial charge in [0.15, 0.2) is 0 Å². The highest BCUT2D eigenvalue weighted by atomic mass is 35.5. The Morgan fingerprint density at radius 1 is 1.44 bits per heavy atom. The van der Waals surface area contributed by atoms with E-state index in [1.54, 1.807) is 12.1 Å². The van der Waals surface area contributed by atoms with Crippen molar-refractivity contribution in [3.05, 3.63) is 28.8 Å². The largest absolute Gasteiger partial charge is 0.496 e. The number of nitrogens with zero attached hydrogens (tertiary/aromatic N) is 1. The van der Waals surface area contributed by atoms with E-state index in [0.717, 1.165) is 0 Å². The average molecular weight is 270 g/mol. The van der Waals surface area contributed by atoms with Crippen LogP contribution in [0.5, 0.6) is 5.75 Å². The first kappa shape index (κ1) is 12.7. The zero-order chi connectivity index (χ0) is 13.3. The van der Waals surface area contributed by atoms with Crippen molar-refractivity contribution in [3.8, 4) is 5.75 Å². The van der Waals surface area contributed by atoms with Crippen LogP contribution in [0.3, 0.4) is 0 Å². The molecule has 1 aromatic carbocycles. The van der Waals surface area contributed by atoms with E-state index in [2.05, 4.69) is 0 Å². The lowest BCUT2D eigenvalue weighted by atomic mass is 9.99. The first-order valence-corrected chi connectivity index (χ1v) is 5.76. The molecule has 1 fully saturated rings. The van der Waals surface area contributed by atoms with E-state index in [0.29, 0.717) is 16.3 Å². The molecule has 18 heavy (non-hydrogen) atoms. The zero-order valence-corrected chi connectivity index (χ0v) is 10.5. The molecule has 1 saturated heterocycles. The maximum atomic E-state index is 12.1. The number of hydrogen-bond acceptors (Lipinski definition) is 3. The minimum absolute atomic E-state index is 0.226. The number of carboxylic acid groups (broad SMARTS) is 1. The van der Waals surface area contributed by atoms with Crippen molar-refractivity contribution in [2.45, 2.75) is 0 Å². The number of benzene rings is 1. The van der Waals surface area contributed by atoms with E-state index in [1.807, 2.05) is 0 Å². The van der Waals surface area contributed by atoms with Gasteiger partial charge in [0.25, 0.3) is 5.91 Å². The standard InChI is InChI=1S/C12H12ClNO4/c1-18-10-3-2-8(13)4-9(10)11(15)14-5-7(6-14)12(16)17/h2-4,7H,5-6H2,1H3,(H,16,17). The van der Waals surface area contributed by atoms with Crippen LogP contribution >= 0.6 is 11.6 Å². The molecule has 2 rings (SSSR count). The van der Waals surface area contributed by atoms with Gasteiger partial charge in [-0.3, -0.25) is 9.59 Å². The smallest absolute Gasteiger partial charge is 0.310 e. The highest BCUT2D eigenvalue weighted by Crippen LogP contribution is 2.27. The Balaban J connectivity index is 2.15. The number of ether oxygens (including phenoxy) is 1. The summed E-state index contributed by atoms with van der Waals surface area (Å²) in [6.45, 7) is 0.452. The molecule has 1 aliphatic heterocycles. The fourth-order valence-corrected chi connectivity index (χ4v) is 1.99. The first-order chi connectivity index (χ1) is 8.52. The summed E-state index contributed by atoms with van der Waals surface area (Å²) in [6, 6.07) is 4.77. The van der Waals surface area contributed by atoms with E-state index in [1.165, 1.54) is 18.1 Å². The summed E-state index contributed by atoms with van der Waals surface area (Å²) in [4.78, 5) is 24.3. The van der Waals surface area contributed by atoms with Crippen molar-refractivity contribution in [3.63, 3.8) is 0 Å². The summed E-state index contributed by atoms with van der Waals surface area (Å²) < 4.78 is 5.09. The highest BCUT2D eigenvalue weighted by molar-refractivity contribution is 6.31. The number of carbonyl (C=O) groups excluding carboxylic acids is 1. The van der Waals surface area contributed by atoms with Crippen LogP contribution in [-0.2, 0) is 4.79 Å². The third-order valence-corrected chi connectivity index (χ3v) is 3.15. The van der Waals surface area contributed by atoms with Crippen molar-refractivity contribution in [2.24, 2.45) is 5.92 Å². The van der Waals surface area contributed by atoms with Crippen LogP contribution in [0.4, 0.5) is 0 Å². The van der Waals surface area contributed by atoms with Crippen LogP contribution < -0.4 is 4.74 Å². The third-order valence-electron chi connectivity index (χ3n) is 2.91. The van der Waals surface area contributed by atoms with Gasteiger partial charge >= 0.3 is 5.97 Å². The molecule has 0 bridgehead atoms. The van der Waals surface area contributed by atoms with Gasteiger partial charge in [0.2, 0.25) is 0 Å². The van der Waals surface area contributed by atoms with E-state index in [9.17, 15) is 9.59 Å². The van der Waals surface area contributed by atoms with Crippen molar-refractivity contribution < 1.29 is 19.4 Å². The van der Waals surface area contributed by atoms with Crippen LogP contribution in [0.15, 0.2) is 18.2 Å². The summed E-state index contributed by atoms with van der Waals surface area (Å²) in [5.41, 5.74) is 0.355. The molecule has 96 valence electrons. The Bertz CT molecular complexity index is 497. The molecule has 0 spiro atoms. The number of carboxylic acids is 1. The lowest BCUT2D eigenvalue weighted by Crippen LogP contribution is -2.53. The third kappa shape index (κ3) is 2.26. The molecular formula is C12H12ClNO4. The second-order valence-electron chi connectivity index (χ2n) is 4.09. The van der Waals surface area contributed by atoms with Gasteiger partial charge in [-0.1, -0.05) is 11.6 Å². The summed E-state index contributed by atoms with van der Waals surface area (Å²) in [5, 5.41) is 9.20. The van der Waals surface area contributed by atoms with E-state index >= 15 is 0 Å². The molecule has 0 saturated carbocycles. The summed E-state index contributed by atoms with van der Waals surface area (Å²) >= 11 is 5.84. The Hall–Kier alpha value is -1.75. The van der Waals surface area contributed by atoms with Crippen molar-refractivity contribution >= 4 is 23.5 Å². The van der Waals surface area contributed by atoms with E-state index in [-0.39, 0.29) is 19.0 Å². The SMILES string of the molecule is COc1ccc(Cl)cc1C(=O)N1CC(C(=O)O)C1. The Morgan fingerprint density at radius 2 is 2.11 bits per heavy atom. The monoisotopic (exact) mass is 269 g/mol. The molecule has 5 nitrogen and oxygen atoms in total. The maximum Gasteiger partial charge on any atom is 0.310 e. The van der Waals surface area contributed by atoms with E-state index < -0.39 is 11.9 Å². The molecular weight excluding hydrogens is 258 g/mol. The quantitative estimate of drug-likeness (QED) is 0.903. The van der Waals surface area contributed by atoms with Crippen LogP contribution in [0.1, 0.15) is 10.4 Å². The highest BCUT2D eigenvalue weighted by Gasteiger charge is 2.36. The number of halogens is 1. The number of hydrogen-bond donors (Lipinski definition) is 1. The molecule has 0 unspecified atom stereocenters. The lowest BCUT2D eigenvalue weighted by molar-refractivity contribution is -0.146. The second-order valence-corrected chi connectivity index (χ2v) is 4.53. The number of carbonyl (C=O) groups is 2. The van der Waals surface area contributed by atoms with Gasteiger partial charge < -0.3 is 14.7 Å². The number of likely N-dealkylation sites (tertiary alicyclic amines) is 1. The molecule has 1 heterocycles. The van der Waals surface area contributed by atoms with Crippen LogP contribution in [0.25, 0.3) is 0 Å². The maximum absolute atomic E-state index is 12.1. The average Bonchev–Trinajstić information content (AvgIpc) is 2.26. The summed E-state index contributed by atoms with van der Waals surface area (Å²) in [7, 11) is 1.47. The molecule has 1 aromatic rings. The number of methoxy groups -OCH3 is 1. The van der Waals surface area contributed by atoms with Gasteiger partial charge in [-0.05, 0) is 18.2 Å². The fourth-order valence-electron chi connectivity index (χ4n) is 1.82. The topological polar surface area (TPSA) is 66.8 Å². The van der Waals surface area contributed by atoms with Gasteiger partial charge in [-0.25, -0.2) is 0 Å². The Labute approximate surface area is 109 Å². The van der Waals surface area contributed by atoms with Crippen LogP contribution in [0, 0.1) is 5.92 Å². The van der Waals surface area contributed by atoms with Gasteiger partial charge in [-0.2, -0.15) is 0 Å². The molecule has 6 heteroatoms. The van der Waals surface area contributed by atoms with Crippen molar-refractivity contribution in [1.82, 2.24) is 4.90 Å². The summed E-state index contributed by atoms with van der Waals surface area (Å²) in [6.07, 6.45) is 0. The molecule has 0 aliphatic carbocycles. The predicted molar refractivity (Wildman–Crippen MR) is 65.0 cm³/mol. The van der Waals surface area contributed by atoms with Crippen molar-refractivity contribution in [2.75, 3.05) is 20.2 Å². The summed E-state index contributed by atoms with van der Waals surface area (Å²) in [5.74, 6) is -1.17. The van der Waals surface area contributed by atoms with Crippen molar-refractivity contribution in [1.29, 1.82) is 0 Å².